The van der Waals surface area contributed by atoms with E-state index in [9.17, 15) is 9.59 Å². The van der Waals surface area contributed by atoms with Crippen LogP contribution in [0.1, 0.15) is 21.0 Å². The molecular weight excluding hydrogens is 293 g/mol. The van der Waals surface area contributed by atoms with Gasteiger partial charge in [0.1, 0.15) is 0 Å². The lowest BCUT2D eigenvalue weighted by atomic mass is 9.85. The molecule has 2 unspecified atom stereocenters. The van der Waals surface area contributed by atoms with E-state index in [0.717, 1.165) is 0 Å². The molecule has 16 heavy (non-hydrogen) atoms. The molecule has 2 aliphatic rings. The van der Waals surface area contributed by atoms with Crippen LogP contribution in [0.25, 0.3) is 0 Å². The quantitative estimate of drug-likeness (QED) is 0.323. The second kappa shape index (κ2) is 4.41. The molecule has 1 aliphatic heterocycles. The second-order valence-corrected chi connectivity index (χ2v) is 7.12. The summed E-state index contributed by atoms with van der Waals surface area (Å²) in [7, 11) is 0. The van der Waals surface area contributed by atoms with Gasteiger partial charge in [-0.2, -0.15) is 0 Å². The molecule has 1 aliphatic carbocycles. The number of halogens is 3. The first-order chi connectivity index (χ1) is 9.73. The molecule has 2 amide bonds. The zero-order valence-corrected chi connectivity index (χ0v) is 10.5. The first kappa shape index (κ1) is 6.88. The van der Waals surface area contributed by atoms with Crippen molar-refractivity contribution < 1.29 is 17.8 Å². The summed E-state index contributed by atoms with van der Waals surface area (Å²) in [6, 6.07) is -1.94. The van der Waals surface area contributed by atoms with Crippen LogP contribution >= 0.6 is 46.8 Å². The Labute approximate surface area is 121 Å². The Balaban J connectivity index is 2.57. The van der Waals surface area contributed by atoms with Gasteiger partial charge in [-0.25, -0.2) is 4.31 Å². The van der Waals surface area contributed by atoms with Crippen molar-refractivity contribution in [2.45, 2.75) is 15.9 Å². The summed E-state index contributed by atoms with van der Waals surface area (Å²) in [5.74, 6) is -5.73. The summed E-state index contributed by atoms with van der Waals surface area (Å²) in [6.07, 6.45) is -5.33. The fraction of sp³-hybridized carbons (Fsp3) is 0.556. The molecule has 0 bridgehead atoms. The van der Waals surface area contributed by atoms with E-state index in [4.69, 9.17) is 43.0 Å². The molecule has 1 saturated heterocycles. The van der Waals surface area contributed by atoms with Crippen LogP contribution in [-0.4, -0.2) is 19.2 Å². The van der Waals surface area contributed by atoms with Gasteiger partial charge in [0.2, 0.25) is 11.8 Å². The first-order valence-electron chi connectivity index (χ1n) is 7.05. The minimum Gasteiger partial charge on any atom is -0.273 e. The topological polar surface area (TPSA) is 37.4 Å². The van der Waals surface area contributed by atoms with Crippen LogP contribution in [0, 0.1) is 11.8 Å². The van der Waals surface area contributed by atoms with E-state index in [2.05, 4.69) is 0 Å². The van der Waals surface area contributed by atoms with Gasteiger partial charge in [0.05, 0.1) is 14.6 Å². The predicted octanol–water partition coefficient (Wildman–Crippen LogP) is 2.91. The third-order valence-corrected chi connectivity index (χ3v) is 3.35. The highest BCUT2D eigenvalue weighted by Crippen LogP contribution is 2.46. The summed E-state index contributed by atoms with van der Waals surface area (Å²) in [5, 5.41) is 0. The van der Waals surface area contributed by atoms with Crippen molar-refractivity contribution in [3.8, 4) is 0 Å². The van der Waals surface area contributed by atoms with Gasteiger partial charge in [0, 0.05) is 17.4 Å². The molecule has 7 heteroatoms. The highest BCUT2D eigenvalue weighted by atomic mass is 35.6. The second-order valence-electron chi connectivity index (χ2n) is 3.00. The van der Waals surface area contributed by atoms with Crippen LogP contribution in [0.3, 0.4) is 0 Å². The molecule has 0 N–H and O–H groups in total. The zero-order chi connectivity index (χ0) is 17.2. The normalized spacial score (nSPS) is 42.8. The van der Waals surface area contributed by atoms with Gasteiger partial charge in [-0.1, -0.05) is 46.9 Å². The summed E-state index contributed by atoms with van der Waals surface area (Å²) in [4.78, 5) is 24.6. The molecule has 0 aromatic heterocycles. The molecule has 2 rings (SSSR count). The van der Waals surface area contributed by atoms with E-state index in [-0.39, 0.29) is 11.9 Å². The van der Waals surface area contributed by atoms with Gasteiger partial charge in [0.15, 0.2) is 0 Å². The molecule has 3 nitrogen and oxygen atoms in total. The van der Waals surface area contributed by atoms with Gasteiger partial charge < -0.3 is 0 Å². The lowest BCUT2D eigenvalue weighted by Crippen LogP contribution is -2.26. The van der Waals surface area contributed by atoms with Crippen molar-refractivity contribution >= 4 is 58.6 Å². The van der Waals surface area contributed by atoms with Gasteiger partial charge >= 0.3 is 0 Å². The Kier molecular flexibility index (Phi) is 1.89. The average Bonchev–Trinajstić information content (AvgIpc) is 2.59. The van der Waals surface area contributed by atoms with Crippen molar-refractivity contribution in [2.75, 3.05) is 0 Å². The molecule has 1 fully saturated rings. The number of amides is 2. The van der Waals surface area contributed by atoms with Gasteiger partial charge in [-0.3, -0.25) is 9.59 Å². The Hall–Kier alpha value is 0.1000. The van der Waals surface area contributed by atoms with Crippen LogP contribution in [0.2, 0.25) is 0 Å². The molecular formula is C9H8Cl3NO2S. The molecule has 0 aromatic carbocycles. The lowest BCUT2D eigenvalue weighted by Gasteiger charge is -2.17. The number of imide groups is 1. The number of nitrogens with zero attached hydrogens (tertiary/aromatic N) is 1. The fourth-order valence-corrected chi connectivity index (χ4v) is 2.59. The van der Waals surface area contributed by atoms with Crippen molar-refractivity contribution in [3.05, 3.63) is 12.1 Å². The van der Waals surface area contributed by atoms with Crippen molar-refractivity contribution in [2.24, 2.45) is 11.8 Å². The largest absolute Gasteiger partial charge is 0.273 e. The van der Waals surface area contributed by atoms with Crippen LogP contribution in [-0.2, 0) is 9.59 Å². The van der Waals surface area contributed by atoms with Crippen molar-refractivity contribution in [1.82, 2.24) is 4.31 Å². The Morgan fingerprint density at radius 3 is 2.12 bits per heavy atom. The molecule has 0 radical (unpaired) electrons. The maximum Gasteiger partial charge on any atom is 0.256 e. The third-order valence-electron chi connectivity index (χ3n) is 1.98. The maximum absolute atomic E-state index is 12.3. The maximum atomic E-state index is 12.3. The smallest absolute Gasteiger partial charge is 0.256 e. The highest BCUT2D eigenvalue weighted by molar-refractivity contribution is 8.03. The van der Waals surface area contributed by atoms with E-state index >= 15 is 0 Å². The standard InChI is InChI=1S/C9H8Cl3NO2S/c10-9(11,12)16-13-7(14)5-3-1-2-4-6(5)8(13)15/h1-2,5-6H,3-4H2/i1D,2D,3D2,4D2. The van der Waals surface area contributed by atoms with Crippen LogP contribution < -0.4 is 0 Å². The van der Waals surface area contributed by atoms with Crippen LogP contribution in [0.5, 0.6) is 0 Å². The number of rotatable bonds is 1. The number of fused-ring (bicyclic) bond motifs is 1. The number of hydrogen-bond acceptors (Lipinski definition) is 3. The lowest BCUT2D eigenvalue weighted by molar-refractivity contribution is -0.133. The predicted molar refractivity (Wildman–Crippen MR) is 65.1 cm³/mol. The van der Waals surface area contributed by atoms with E-state index in [1.807, 2.05) is 0 Å². The number of carbonyl (C=O) groups is 2. The van der Waals surface area contributed by atoms with Gasteiger partial charge in [-0.05, 0) is 12.7 Å². The summed E-state index contributed by atoms with van der Waals surface area (Å²) >= 11 is 16.8. The molecule has 0 aromatic rings. The third kappa shape index (κ3) is 2.35. The SMILES string of the molecule is [2H]C1=C([2H])C([2H])([2H])C2C(=O)N(SC(Cl)(Cl)Cl)C(=O)C2C1([2H])[2H]. The minimum absolute atomic E-state index is 0.207. The summed E-state index contributed by atoms with van der Waals surface area (Å²) in [6.45, 7) is 0. The minimum atomic E-state index is -2.66. The average molecular weight is 307 g/mol. The Bertz CT molecular complexity index is 550. The van der Waals surface area contributed by atoms with E-state index in [1.165, 1.54) is 0 Å². The number of hydrogen-bond donors (Lipinski definition) is 0. The Morgan fingerprint density at radius 2 is 1.75 bits per heavy atom. The molecule has 0 spiro atoms. The van der Waals surface area contributed by atoms with Crippen molar-refractivity contribution in [1.29, 1.82) is 0 Å². The number of alkyl halides is 3. The van der Waals surface area contributed by atoms with Crippen LogP contribution in [0.4, 0.5) is 0 Å². The first-order valence-corrected chi connectivity index (χ1v) is 5.95. The number of allylic oxidation sites excluding steroid dienone is 2. The molecule has 0 saturated carbocycles. The number of carbonyl (C=O) groups excluding carboxylic acids is 2. The molecule has 1 heterocycles. The van der Waals surface area contributed by atoms with E-state index < -0.39 is 51.6 Å². The van der Waals surface area contributed by atoms with E-state index in [0.29, 0.717) is 4.31 Å². The summed E-state index contributed by atoms with van der Waals surface area (Å²) < 4.78 is 44.9. The highest BCUT2D eigenvalue weighted by Gasteiger charge is 2.49. The van der Waals surface area contributed by atoms with Gasteiger partial charge in [0.25, 0.3) is 3.12 Å². The van der Waals surface area contributed by atoms with Crippen LogP contribution in [0.15, 0.2) is 12.1 Å². The van der Waals surface area contributed by atoms with E-state index in [1.54, 1.807) is 0 Å². The zero-order valence-electron chi connectivity index (χ0n) is 13.5. The monoisotopic (exact) mass is 305 g/mol. The Morgan fingerprint density at radius 1 is 1.31 bits per heavy atom. The van der Waals surface area contributed by atoms with Gasteiger partial charge in [-0.15, -0.1) is 0 Å². The van der Waals surface area contributed by atoms with Crippen molar-refractivity contribution in [3.63, 3.8) is 0 Å². The fourth-order valence-electron chi connectivity index (χ4n) is 1.36. The summed E-state index contributed by atoms with van der Waals surface area (Å²) in [5.41, 5.74) is 0. The molecule has 2 atom stereocenters. The molecule has 88 valence electrons.